The van der Waals surface area contributed by atoms with Gasteiger partial charge in [-0.15, -0.1) is 0 Å². The molecule has 0 saturated heterocycles. The van der Waals surface area contributed by atoms with Gasteiger partial charge in [0.25, 0.3) is 5.91 Å². The highest BCUT2D eigenvalue weighted by atomic mass is 16.5. The number of hydrogen-bond donors (Lipinski definition) is 2. The fourth-order valence-electron chi connectivity index (χ4n) is 2.66. The smallest absolute Gasteiger partial charge is 0.340 e. The molecular weight excluding hydrogens is 370 g/mol. The molecule has 0 bridgehead atoms. The number of anilines is 3. The minimum Gasteiger partial charge on any atom is -0.467 e. The van der Waals surface area contributed by atoms with E-state index in [0.29, 0.717) is 23.5 Å². The van der Waals surface area contributed by atoms with Crippen LogP contribution in [0, 0.1) is 0 Å². The summed E-state index contributed by atoms with van der Waals surface area (Å²) in [7, 11) is 3.88. The number of nitrogens with one attached hydrogen (secondary N) is 2. The lowest BCUT2D eigenvalue weighted by Crippen LogP contribution is -2.21. The third-order valence-electron chi connectivity index (χ3n) is 4.18. The lowest BCUT2D eigenvalue weighted by Gasteiger charge is -2.13. The number of esters is 1. The Balaban J connectivity index is 1.54. The van der Waals surface area contributed by atoms with E-state index in [1.807, 2.05) is 43.3 Å². The first-order chi connectivity index (χ1) is 14.0. The number of rotatable bonds is 8. The lowest BCUT2D eigenvalue weighted by atomic mass is 10.2. The molecular formula is C22H23N3O4. The maximum Gasteiger partial charge on any atom is 0.340 e. The second kappa shape index (κ2) is 9.45. The van der Waals surface area contributed by atoms with Crippen molar-refractivity contribution in [2.24, 2.45) is 0 Å². The Hall–Kier alpha value is -3.74. The maximum absolute atomic E-state index is 12.4. The Kier molecular flexibility index (Phi) is 6.52. The quantitative estimate of drug-likeness (QED) is 0.567. The van der Waals surface area contributed by atoms with Crippen molar-refractivity contribution in [2.75, 3.05) is 36.2 Å². The van der Waals surface area contributed by atoms with Gasteiger partial charge in [0.1, 0.15) is 5.76 Å². The van der Waals surface area contributed by atoms with Gasteiger partial charge in [0.15, 0.2) is 6.61 Å². The van der Waals surface area contributed by atoms with Crippen molar-refractivity contribution < 1.29 is 18.7 Å². The minimum absolute atomic E-state index is 0.349. The molecule has 0 aliphatic carbocycles. The molecule has 7 nitrogen and oxygen atoms in total. The number of carbonyl (C=O) groups excluding carboxylic acids is 2. The van der Waals surface area contributed by atoms with Crippen molar-refractivity contribution in [3.8, 4) is 0 Å². The number of benzene rings is 2. The van der Waals surface area contributed by atoms with Crippen molar-refractivity contribution in [1.29, 1.82) is 0 Å². The molecule has 0 saturated carbocycles. The first-order valence-corrected chi connectivity index (χ1v) is 9.12. The van der Waals surface area contributed by atoms with Gasteiger partial charge in [0.2, 0.25) is 0 Å². The van der Waals surface area contributed by atoms with Crippen LogP contribution in [0.5, 0.6) is 0 Å². The first-order valence-electron chi connectivity index (χ1n) is 9.12. The molecule has 1 aromatic heterocycles. The highest BCUT2D eigenvalue weighted by Crippen LogP contribution is 2.18. The van der Waals surface area contributed by atoms with E-state index < -0.39 is 11.9 Å². The summed E-state index contributed by atoms with van der Waals surface area (Å²) in [5, 5.41) is 5.85. The van der Waals surface area contributed by atoms with Crippen LogP contribution in [0.25, 0.3) is 0 Å². The molecule has 0 aliphatic rings. The normalized spacial score (nSPS) is 10.3. The summed E-state index contributed by atoms with van der Waals surface area (Å²) in [5.41, 5.74) is 2.61. The molecule has 7 heteroatoms. The van der Waals surface area contributed by atoms with Crippen LogP contribution in [0.1, 0.15) is 16.1 Å². The number of ether oxygens (including phenoxy) is 1. The van der Waals surface area contributed by atoms with Gasteiger partial charge >= 0.3 is 5.97 Å². The summed E-state index contributed by atoms with van der Waals surface area (Å²) < 4.78 is 10.5. The highest BCUT2D eigenvalue weighted by Gasteiger charge is 2.14. The summed E-state index contributed by atoms with van der Waals surface area (Å²) in [6, 6.07) is 18.0. The van der Waals surface area contributed by atoms with Gasteiger partial charge in [-0.3, -0.25) is 4.79 Å². The number of furan rings is 1. The molecule has 0 unspecified atom stereocenters. The van der Waals surface area contributed by atoms with E-state index in [0.717, 1.165) is 11.4 Å². The van der Waals surface area contributed by atoms with Crippen molar-refractivity contribution in [3.63, 3.8) is 0 Å². The summed E-state index contributed by atoms with van der Waals surface area (Å²) >= 11 is 0. The topological polar surface area (TPSA) is 83.8 Å². The number of nitrogens with zero attached hydrogens (tertiary/aromatic N) is 1. The number of amides is 1. The largest absolute Gasteiger partial charge is 0.467 e. The van der Waals surface area contributed by atoms with Crippen LogP contribution in [0.15, 0.2) is 71.3 Å². The summed E-state index contributed by atoms with van der Waals surface area (Å²) in [6.45, 7) is 0.0571. The van der Waals surface area contributed by atoms with E-state index in [2.05, 4.69) is 10.6 Å². The average molecular weight is 393 g/mol. The Morgan fingerprint density at radius 2 is 1.76 bits per heavy atom. The standard InChI is InChI=1S/C22H23N3O4/c1-25(2)17-11-9-16(10-12-17)24-21(26)15-29-22(27)19-7-3-4-8-20(19)23-14-18-6-5-13-28-18/h3-13,23H,14-15H2,1-2H3,(H,24,26). The van der Waals surface area contributed by atoms with E-state index >= 15 is 0 Å². The third-order valence-corrected chi connectivity index (χ3v) is 4.18. The van der Waals surface area contributed by atoms with E-state index in [1.54, 1.807) is 42.7 Å². The van der Waals surface area contributed by atoms with Gasteiger partial charge in [-0.2, -0.15) is 0 Å². The Bertz CT molecular complexity index is 950. The SMILES string of the molecule is CN(C)c1ccc(NC(=O)COC(=O)c2ccccc2NCc2ccco2)cc1. The van der Waals surface area contributed by atoms with Crippen LogP contribution in [0.3, 0.4) is 0 Å². The Labute approximate surface area is 169 Å². The molecule has 1 heterocycles. The van der Waals surface area contributed by atoms with Crippen LogP contribution in [-0.4, -0.2) is 32.6 Å². The molecule has 0 atom stereocenters. The zero-order valence-corrected chi connectivity index (χ0v) is 16.3. The van der Waals surface area contributed by atoms with Crippen LogP contribution in [0.2, 0.25) is 0 Å². The summed E-state index contributed by atoms with van der Waals surface area (Å²) in [5.74, 6) is -0.240. The molecule has 3 rings (SSSR count). The molecule has 0 spiro atoms. The van der Waals surface area contributed by atoms with E-state index in [4.69, 9.17) is 9.15 Å². The monoisotopic (exact) mass is 393 g/mol. The van der Waals surface area contributed by atoms with Crippen molar-refractivity contribution in [3.05, 3.63) is 78.3 Å². The van der Waals surface area contributed by atoms with E-state index in [-0.39, 0.29) is 6.61 Å². The van der Waals surface area contributed by atoms with Crippen molar-refractivity contribution >= 4 is 28.9 Å². The molecule has 29 heavy (non-hydrogen) atoms. The van der Waals surface area contributed by atoms with Crippen LogP contribution in [0.4, 0.5) is 17.1 Å². The summed E-state index contributed by atoms with van der Waals surface area (Å²) in [6.07, 6.45) is 1.59. The predicted molar refractivity (Wildman–Crippen MR) is 112 cm³/mol. The molecule has 1 amide bonds. The maximum atomic E-state index is 12.4. The number of para-hydroxylation sites is 1. The van der Waals surface area contributed by atoms with E-state index in [9.17, 15) is 9.59 Å². The van der Waals surface area contributed by atoms with Crippen LogP contribution in [-0.2, 0) is 16.1 Å². The van der Waals surface area contributed by atoms with Crippen LogP contribution >= 0.6 is 0 Å². The molecule has 0 radical (unpaired) electrons. The minimum atomic E-state index is -0.578. The molecule has 150 valence electrons. The number of carbonyl (C=O) groups is 2. The van der Waals surface area contributed by atoms with Crippen molar-refractivity contribution in [1.82, 2.24) is 0 Å². The predicted octanol–water partition coefficient (Wildman–Crippen LogP) is 3.75. The van der Waals surface area contributed by atoms with E-state index in [1.165, 1.54) is 0 Å². The zero-order chi connectivity index (χ0) is 20.6. The fraction of sp³-hybridized carbons (Fsp3) is 0.182. The van der Waals surface area contributed by atoms with Gasteiger partial charge in [-0.05, 0) is 48.5 Å². The number of hydrogen-bond acceptors (Lipinski definition) is 6. The molecule has 3 aromatic rings. The van der Waals surface area contributed by atoms with Gasteiger partial charge in [0.05, 0.1) is 18.4 Å². The highest BCUT2D eigenvalue weighted by molar-refractivity contribution is 5.98. The second-order valence-electron chi connectivity index (χ2n) is 6.54. The van der Waals surface area contributed by atoms with Gasteiger partial charge in [-0.1, -0.05) is 12.1 Å². The van der Waals surface area contributed by atoms with Crippen LogP contribution < -0.4 is 15.5 Å². The Morgan fingerprint density at radius 3 is 2.45 bits per heavy atom. The molecule has 0 fully saturated rings. The Morgan fingerprint density at radius 1 is 1.00 bits per heavy atom. The molecule has 0 aliphatic heterocycles. The third kappa shape index (κ3) is 5.62. The van der Waals surface area contributed by atoms with Gasteiger partial charge in [-0.25, -0.2) is 4.79 Å². The fourth-order valence-corrected chi connectivity index (χ4v) is 2.66. The lowest BCUT2D eigenvalue weighted by molar-refractivity contribution is -0.119. The van der Waals surface area contributed by atoms with Crippen molar-refractivity contribution in [2.45, 2.75) is 6.54 Å². The second-order valence-corrected chi connectivity index (χ2v) is 6.54. The molecule has 2 aromatic carbocycles. The average Bonchev–Trinajstić information content (AvgIpc) is 3.25. The van der Waals surface area contributed by atoms with Gasteiger partial charge < -0.3 is 24.7 Å². The zero-order valence-electron chi connectivity index (χ0n) is 16.3. The van der Waals surface area contributed by atoms with Gasteiger partial charge in [0, 0.05) is 31.2 Å². The summed E-state index contributed by atoms with van der Waals surface area (Å²) in [4.78, 5) is 26.5. The molecule has 2 N–H and O–H groups in total. The first kappa shape index (κ1) is 20.0.